The van der Waals surface area contributed by atoms with Gasteiger partial charge in [-0.15, -0.1) is 0 Å². The summed E-state index contributed by atoms with van der Waals surface area (Å²) < 4.78 is 5.41. The summed E-state index contributed by atoms with van der Waals surface area (Å²) in [5.74, 6) is -0.496. The number of rotatable bonds is 0. The molecule has 1 aromatic carbocycles. The Morgan fingerprint density at radius 2 is 1.94 bits per heavy atom. The molecular formula is C13H8O4. The number of fused-ring (bicyclic) bond motifs is 2. The molecule has 0 saturated heterocycles. The fraction of sp³-hybridized carbons (Fsp3) is 0.0769. The van der Waals surface area contributed by atoms with Crippen LogP contribution < -0.4 is 5.43 Å². The van der Waals surface area contributed by atoms with Gasteiger partial charge in [0.05, 0.1) is 5.39 Å². The second-order valence-corrected chi connectivity index (χ2v) is 3.85. The molecule has 3 rings (SSSR count). The number of hydrogen-bond acceptors (Lipinski definition) is 4. The van der Waals surface area contributed by atoms with Gasteiger partial charge in [0.2, 0.25) is 5.43 Å². The fourth-order valence-corrected chi connectivity index (χ4v) is 1.96. The summed E-state index contributed by atoms with van der Waals surface area (Å²) in [6.45, 7) is 0. The van der Waals surface area contributed by atoms with E-state index in [-0.39, 0.29) is 34.7 Å². The molecule has 1 N–H and O–H groups in total. The molecule has 0 saturated carbocycles. The van der Waals surface area contributed by atoms with Gasteiger partial charge in [0.15, 0.2) is 17.3 Å². The van der Waals surface area contributed by atoms with E-state index in [2.05, 4.69) is 0 Å². The molecular weight excluding hydrogens is 220 g/mol. The largest absolute Gasteiger partial charge is 0.504 e. The molecule has 84 valence electrons. The Labute approximate surface area is 95.8 Å². The van der Waals surface area contributed by atoms with Gasteiger partial charge in [-0.2, -0.15) is 0 Å². The average molecular weight is 228 g/mol. The lowest BCUT2D eigenvalue weighted by Gasteiger charge is -2.11. The van der Waals surface area contributed by atoms with E-state index in [4.69, 9.17) is 4.42 Å². The summed E-state index contributed by atoms with van der Waals surface area (Å²) in [5, 5.41) is 10.00. The molecule has 4 heteroatoms. The van der Waals surface area contributed by atoms with Gasteiger partial charge in [-0.3, -0.25) is 9.59 Å². The van der Waals surface area contributed by atoms with Gasteiger partial charge in [0, 0.05) is 6.42 Å². The van der Waals surface area contributed by atoms with Crippen LogP contribution in [0.15, 0.2) is 39.6 Å². The number of aliphatic hydroxyl groups excluding tert-OH is 1. The van der Waals surface area contributed by atoms with Crippen molar-refractivity contribution in [3.8, 4) is 0 Å². The first-order chi connectivity index (χ1) is 8.18. The van der Waals surface area contributed by atoms with Crippen molar-refractivity contribution in [1.29, 1.82) is 0 Å². The predicted molar refractivity (Wildman–Crippen MR) is 62.0 cm³/mol. The van der Waals surface area contributed by atoms with E-state index < -0.39 is 0 Å². The third kappa shape index (κ3) is 1.30. The minimum Gasteiger partial charge on any atom is -0.504 e. The molecule has 0 amide bonds. The van der Waals surface area contributed by atoms with Gasteiger partial charge in [0.25, 0.3) is 0 Å². The molecule has 17 heavy (non-hydrogen) atoms. The minimum absolute atomic E-state index is 0.0232. The van der Waals surface area contributed by atoms with Crippen LogP contribution in [-0.2, 0) is 0 Å². The first kappa shape index (κ1) is 9.84. The Morgan fingerprint density at radius 1 is 1.18 bits per heavy atom. The molecule has 0 spiro atoms. The molecule has 0 bridgehead atoms. The Bertz CT molecular complexity index is 722. The van der Waals surface area contributed by atoms with Crippen LogP contribution in [0.2, 0.25) is 0 Å². The highest BCUT2D eigenvalue weighted by Crippen LogP contribution is 2.25. The second-order valence-electron chi connectivity index (χ2n) is 3.85. The van der Waals surface area contributed by atoms with E-state index in [0.717, 1.165) is 0 Å². The Morgan fingerprint density at radius 3 is 2.76 bits per heavy atom. The maximum Gasteiger partial charge on any atom is 0.204 e. The van der Waals surface area contributed by atoms with Crippen LogP contribution in [0.4, 0.5) is 0 Å². The third-order valence-electron chi connectivity index (χ3n) is 2.79. The van der Waals surface area contributed by atoms with Crippen LogP contribution >= 0.6 is 0 Å². The SMILES string of the molecule is O=C1CC=C(O)c2oc3ccccc3c(=O)c21. The van der Waals surface area contributed by atoms with E-state index in [1.165, 1.54) is 6.08 Å². The first-order valence-corrected chi connectivity index (χ1v) is 5.17. The molecule has 0 unspecified atom stereocenters. The number of para-hydroxylation sites is 1. The van der Waals surface area contributed by atoms with Gasteiger partial charge >= 0.3 is 0 Å². The lowest BCUT2D eigenvalue weighted by molar-refractivity contribution is 0.0989. The lowest BCUT2D eigenvalue weighted by atomic mass is 9.98. The van der Waals surface area contributed by atoms with Gasteiger partial charge in [-0.1, -0.05) is 12.1 Å². The summed E-state index contributed by atoms with van der Waals surface area (Å²) in [7, 11) is 0. The maximum absolute atomic E-state index is 12.1. The maximum atomic E-state index is 12.1. The standard InChI is InChI=1S/C13H8O4/c14-8-5-6-9(15)13-11(8)12(16)7-3-1-2-4-10(7)17-13/h1-4,6,15H,5H2. The van der Waals surface area contributed by atoms with E-state index >= 15 is 0 Å². The van der Waals surface area contributed by atoms with Gasteiger partial charge in [-0.05, 0) is 18.2 Å². The predicted octanol–water partition coefficient (Wildman–Crippen LogP) is 2.28. The number of hydrogen-bond donors (Lipinski definition) is 1. The van der Waals surface area contributed by atoms with Crippen molar-refractivity contribution in [1.82, 2.24) is 0 Å². The fourth-order valence-electron chi connectivity index (χ4n) is 1.96. The number of ketones is 1. The van der Waals surface area contributed by atoms with Crippen molar-refractivity contribution >= 4 is 22.5 Å². The molecule has 0 fully saturated rings. The number of carbonyl (C=O) groups excluding carboxylic acids is 1. The van der Waals surface area contributed by atoms with Crippen LogP contribution in [0.5, 0.6) is 0 Å². The number of allylic oxidation sites excluding steroid dienone is 1. The molecule has 0 aliphatic heterocycles. The Kier molecular flexibility index (Phi) is 1.92. The summed E-state index contributed by atoms with van der Waals surface area (Å²) in [4.78, 5) is 23.8. The molecule has 2 aromatic rings. The van der Waals surface area contributed by atoms with Crippen LogP contribution in [0.25, 0.3) is 16.7 Å². The second kappa shape index (κ2) is 3.31. The van der Waals surface area contributed by atoms with E-state index in [0.29, 0.717) is 11.0 Å². The topological polar surface area (TPSA) is 67.5 Å². The minimum atomic E-state index is -0.383. The van der Waals surface area contributed by atoms with Gasteiger partial charge < -0.3 is 9.52 Å². The molecule has 1 aliphatic carbocycles. The smallest absolute Gasteiger partial charge is 0.204 e. The molecule has 0 atom stereocenters. The molecule has 1 heterocycles. The van der Waals surface area contributed by atoms with Crippen molar-refractivity contribution in [2.24, 2.45) is 0 Å². The molecule has 4 nitrogen and oxygen atoms in total. The zero-order valence-electron chi connectivity index (χ0n) is 8.77. The number of aliphatic hydroxyl groups is 1. The number of Topliss-reactive ketones (excluding diaryl/α,β-unsaturated/α-hetero) is 1. The highest BCUT2D eigenvalue weighted by atomic mass is 16.4. The average Bonchev–Trinajstić information content (AvgIpc) is 2.34. The van der Waals surface area contributed by atoms with E-state index in [1.54, 1.807) is 24.3 Å². The molecule has 0 radical (unpaired) electrons. The Balaban J connectivity index is 2.52. The summed E-state index contributed by atoms with van der Waals surface area (Å²) in [5.41, 5.74) is -0.0684. The van der Waals surface area contributed by atoms with Gasteiger partial charge in [0.1, 0.15) is 11.1 Å². The van der Waals surface area contributed by atoms with Crippen molar-refractivity contribution in [2.45, 2.75) is 6.42 Å². The number of benzene rings is 1. The van der Waals surface area contributed by atoms with E-state index in [9.17, 15) is 14.7 Å². The van der Waals surface area contributed by atoms with Crippen LogP contribution in [0.1, 0.15) is 22.5 Å². The van der Waals surface area contributed by atoms with Crippen molar-refractivity contribution in [2.75, 3.05) is 0 Å². The highest BCUT2D eigenvalue weighted by Gasteiger charge is 2.26. The zero-order chi connectivity index (χ0) is 12.0. The number of carbonyl (C=O) groups is 1. The summed E-state index contributed by atoms with van der Waals surface area (Å²) in [6, 6.07) is 6.66. The zero-order valence-corrected chi connectivity index (χ0v) is 8.77. The Hall–Kier alpha value is -2.36. The quantitative estimate of drug-likeness (QED) is 0.751. The van der Waals surface area contributed by atoms with Gasteiger partial charge in [-0.25, -0.2) is 0 Å². The van der Waals surface area contributed by atoms with Crippen LogP contribution in [0.3, 0.4) is 0 Å². The summed E-state index contributed by atoms with van der Waals surface area (Å²) >= 11 is 0. The van der Waals surface area contributed by atoms with Crippen LogP contribution in [0, 0.1) is 0 Å². The van der Waals surface area contributed by atoms with Crippen LogP contribution in [-0.4, -0.2) is 10.9 Å². The van der Waals surface area contributed by atoms with Crippen molar-refractivity contribution in [3.63, 3.8) is 0 Å². The monoisotopic (exact) mass is 228 g/mol. The summed E-state index contributed by atoms with van der Waals surface area (Å²) in [6.07, 6.45) is 1.38. The first-order valence-electron chi connectivity index (χ1n) is 5.17. The normalized spacial score (nSPS) is 14.6. The van der Waals surface area contributed by atoms with E-state index in [1.807, 2.05) is 0 Å². The highest BCUT2D eigenvalue weighted by molar-refractivity contribution is 6.04. The van der Waals surface area contributed by atoms with Crippen molar-refractivity contribution in [3.05, 3.63) is 51.9 Å². The lowest BCUT2D eigenvalue weighted by Crippen LogP contribution is -2.20. The molecule has 1 aliphatic rings. The van der Waals surface area contributed by atoms with Crippen molar-refractivity contribution < 1.29 is 14.3 Å². The third-order valence-corrected chi connectivity index (χ3v) is 2.79. The molecule has 1 aromatic heterocycles.